The summed E-state index contributed by atoms with van der Waals surface area (Å²) >= 11 is 0. The van der Waals surface area contributed by atoms with Crippen LogP contribution in [0.4, 0.5) is 4.39 Å². The van der Waals surface area contributed by atoms with Gasteiger partial charge in [0.1, 0.15) is 11.5 Å². The van der Waals surface area contributed by atoms with Gasteiger partial charge in [-0.3, -0.25) is 20.4 Å². The molecule has 3 N–H and O–H groups in total. The quantitative estimate of drug-likeness (QED) is 0.637. The molecule has 0 saturated heterocycles. The highest BCUT2D eigenvalue weighted by Crippen LogP contribution is 2.18. The van der Waals surface area contributed by atoms with E-state index in [4.69, 9.17) is 0 Å². The molecule has 0 atom stereocenters. The lowest BCUT2D eigenvalue weighted by Gasteiger charge is -2.07. The number of carbonyl (C=O) groups excluding carboxylic acids is 2. The van der Waals surface area contributed by atoms with E-state index in [1.54, 1.807) is 49.0 Å². The molecule has 0 fully saturated rings. The van der Waals surface area contributed by atoms with Crippen LogP contribution in [-0.4, -0.2) is 26.6 Å². The minimum atomic E-state index is -0.483. The van der Waals surface area contributed by atoms with Gasteiger partial charge < -0.3 is 4.98 Å². The highest BCUT2D eigenvalue weighted by atomic mass is 19.1. The second-order valence-corrected chi connectivity index (χ2v) is 5.43. The number of rotatable bonds is 3. The normalized spacial score (nSPS) is 10.5. The Balaban J connectivity index is 1.79. The minimum Gasteiger partial charge on any atom is -0.357 e. The Morgan fingerprint density at radius 2 is 1.76 bits per heavy atom. The molecule has 0 spiro atoms. The largest absolute Gasteiger partial charge is 0.357 e. The number of aryl methyl sites for hydroxylation is 1. The van der Waals surface area contributed by atoms with Crippen molar-refractivity contribution in [3.05, 3.63) is 71.1 Å². The molecule has 0 saturated carbocycles. The summed E-state index contributed by atoms with van der Waals surface area (Å²) in [6.07, 6.45) is 1.61. The molecule has 25 heavy (non-hydrogen) atoms. The molecule has 8 heteroatoms. The van der Waals surface area contributed by atoms with Crippen LogP contribution < -0.4 is 10.9 Å². The van der Waals surface area contributed by atoms with E-state index in [2.05, 4.69) is 20.9 Å². The zero-order valence-corrected chi connectivity index (χ0v) is 13.6. The first-order valence-corrected chi connectivity index (χ1v) is 7.53. The monoisotopic (exact) mass is 341 g/mol. The third-order valence-corrected chi connectivity index (χ3v) is 3.72. The molecule has 3 rings (SSSR count). The van der Waals surface area contributed by atoms with Crippen LogP contribution in [0.25, 0.3) is 5.69 Å². The molecule has 0 unspecified atom stereocenters. The fourth-order valence-electron chi connectivity index (χ4n) is 2.52. The van der Waals surface area contributed by atoms with Crippen molar-refractivity contribution in [2.45, 2.75) is 13.8 Å². The number of aromatic amines is 1. The Bertz CT molecular complexity index is 913. The summed E-state index contributed by atoms with van der Waals surface area (Å²) in [4.78, 5) is 27.0. The standard InChI is InChI=1S/C17H16FN5O2/c1-10-15(17(25)21-20-16(24)14-4-3-9-19-14)11(2)23(22-10)13-7-5-12(18)6-8-13/h3-9,19H,1-2H3,(H,20,24)(H,21,25). The van der Waals surface area contributed by atoms with Crippen molar-refractivity contribution in [1.82, 2.24) is 25.6 Å². The molecule has 3 aromatic rings. The summed E-state index contributed by atoms with van der Waals surface area (Å²) < 4.78 is 14.6. The number of hydrogen-bond acceptors (Lipinski definition) is 3. The van der Waals surface area contributed by atoms with Gasteiger partial charge in [0, 0.05) is 6.20 Å². The maximum atomic E-state index is 13.1. The molecule has 0 aliphatic carbocycles. The van der Waals surface area contributed by atoms with Crippen molar-refractivity contribution in [1.29, 1.82) is 0 Å². The van der Waals surface area contributed by atoms with Gasteiger partial charge in [0.15, 0.2) is 0 Å². The Hall–Kier alpha value is -3.42. The van der Waals surface area contributed by atoms with Gasteiger partial charge in [-0.1, -0.05) is 0 Å². The fraction of sp³-hybridized carbons (Fsp3) is 0.118. The second kappa shape index (κ2) is 6.60. The van der Waals surface area contributed by atoms with Crippen molar-refractivity contribution in [2.24, 2.45) is 0 Å². The average molecular weight is 341 g/mol. The molecule has 0 bridgehead atoms. The first-order valence-electron chi connectivity index (χ1n) is 7.53. The van der Waals surface area contributed by atoms with E-state index in [1.807, 2.05) is 0 Å². The highest BCUT2D eigenvalue weighted by Gasteiger charge is 2.20. The number of nitrogens with zero attached hydrogens (tertiary/aromatic N) is 2. The van der Waals surface area contributed by atoms with E-state index >= 15 is 0 Å². The van der Waals surface area contributed by atoms with Crippen LogP contribution in [0, 0.1) is 19.7 Å². The van der Waals surface area contributed by atoms with Crippen LogP contribution >= 0.6 is 0 Å². The molecular weight excluding hydrogens is 325 g/mol. The van der Waals surface area contributed by atoms with Crippen LogP contribution in [-0.2, 0) is 0 Å². The smallest absolute Gasteiger partial charge is 0.286 e. The number of hydrogen-bond donors (Lipinski definition) is 3. The lowest BCUT2D eigenvalue weighted by Crippen LogP contribution is -2.42. The summed E-state index contributed by atoms with van der Waals surface area (Å²) in [6, 6.07) is 9.06. The fourth-order valence-corrected chi connectivity index (χ4v) is 2.52. The van der Waals surface area contributed by atoms with Gasteiger partial charge in [-0.15, -0.1) is 0 Å². The van der Waals surface area contributed by atoms with Gasteiger partial charge in [-0.2, -0.15) is 5.10 Å². The topological polar surface area (TPSA) is 91.8 Å². The van der Waals surface area contributed by atoms with Crippen molar-refractivity contribution in [2.75, 3.05) is 0 Å². The van der Waals surface area contributed by atoms with E-state index in [-0.39, 0.29) is 5.82 Å². The number of aromatic nitrogens is 3. The zero-order chi connectivity index (χ0) is 18.0. The summed E-state index contributed by atoms with van der Waals surface area (Å²) in [6.45, 7) is 3.42. The highest BCUT2D eigenvalue weighted by molar-refractivity contribution is 5.99. The first-order chi connectivity index (χ1) is 12.0. The third kappa shape index (κ3) is 3.27. The Morgan fingerprint density at radius 3 is 2.40 bits per heavy atom. The maximum Gasteiger partial charge on any atom is 0.286 e. The SMILES string of the molecule is Cc1nn(-c2ccc(F)cc2)c(C)c1C(=O)NNC(=O)c1ccc[nH]1. The van der Waals surface area contributed by atoms with Crippen molar-refractivity contribution >= 4 is 11.8 Å². The first kappa shape index (κ1) is 16.4. The maximum absolute atomic E-state index is 13.1. The van der Waals surface area contributed by atoms with Crippen molar-refractivity contribution < 1.29 is 14.0 Å². The number of carbonyl (C=O) groups is 2. The molecule has 0 aliphatic heterocycles. The molecule has 0 radical (unpaired) electrons. The van der Waals surface area contributed by atoms with E-state index in [0.717, 1.165) is 0 Å². The molecule has 7 nitrogen and oxygen atoms in total. The van der Waals surface area contributed by atoms with Crippen LogP contribution in [0.3, 0.4) is 0 Å². The van der Waals surface area contributed by atoms with Crippen LogP contribution in [0.5, 0.6) is 0 Å². The Labute approximate surface area is 142 Å². The lowest BCUT2D eigenvalue weighted by atomic mass is 10.2. The Kier molecular flexibility index (Phi) is 4.34. The van der Waals surface area contributed by atoms with Crippen molar-refractivity contribution in [3.63, 3.8) is 0 Å². The van der Waals surface area contributed by atoms with Crippen LogP contribution in [0.1, 0.15) is 32.2 Å². The summed E-state index contributed by atoms with van der Waals surface area (Å²) in [5.74, 6) is -1.29. The number of nitrogens with one attached hydrogen (secondary N) is 3. The number of halogens is 1. The third-order valence-electron chi connectivity index (χ3n) is 3.72. The van der Waals surface area contributed by atoms with Gasteiger partial charge >= 0.3 is 0 Å². The number of hydrazine groups is 1. The van der Waals surface area contributed by atoms with Gasteiger partial charge in [0.2, 0.25) is 0 Å². The predicted octanol–water partition coefficient (Wildman–Crippen LogP) is 2.03. The summed E-state index contributed by atoms with van der Waals surface area (Å²) in [5.41, 5.74) is 7.09. The molecule has 2 heterocycles. The van der Waals surface area contributed by atoms with Crippen molar-refractivity contribution in [3.8, 4) is 5.69 Å². The molecule has 2 aromatic heterocycles. The molecule has 1 aromatic carbocycles. The number of amides is 2. The van der Waals surface area contributed by atoms with Gasteiger partial charge in [-0.05, 0) is 50.2 Å². The van der Waals surface area contributed by atoms with Crippen LogP contribution in [0.2, 0.25) is 0 Å². The predicted molar refractivity (Wildman–Crippen MR) is 88.7 cm³/mol. The van der Waals surface area contributed by atoms with E-state index in [9.17, 15) is 14.0 Å². The minimum absolute atomic E-state index is 0.329. The van der Waals surface area contributed by atoms with Crippen LogP contribution in [0.15, 0.2) is 42.6 Å². The summed E-state index contributed by atoms with van der Waals surface area (Å²) in [5, 5.41) is 4.32. The van der Waals surface area contributed by atoms with Gasteiger partial charge in [-0.25, -0.2) is 9.07 Å². The average Bonchev–Trinajstić information content (AvgIpc) is 3.22. The van der Waals surface area contributed by atoms with Gasteiger partial charge in [0.05, 0.1) is 22.6 Å². The molecule has 0 aliphatic rings. The van der Waals surface area contributed by atoms with E-state index in [1.165, 1.54) is 12.1 Å². The van der Waals surface area contributed by atoms with E-state index < -0.39 is 11.8 Å². The van der Waals surface area contributed by atoms with E-state index in [0.29, 0.717) is 28.3 Å². The molecule has 128 valence electrons. The second-order valence-electron chi connectivity index (χ2n) is 5.43. The Morgan fingerprint density at radius 1 is 1.08 bits per heavy atom. The number of H-pyrrole nitrogens is 1. The molecule has 2 amide bonds. The van der Waals surface area contributed by atoms with Gasteiger partial charge in [0.25, 0.3) is 11.8 Å². The summed E-state index contributed by atoms with van der Waals surface area (Å²) in [7, 11) is 0. The lowest BCUT2D eigenvalue weighted by molar-refractivity contribution is 0.0843. The zero-order valence-electron chi connectivity index (χ0n) is 13.6. The molecular formula is C17H16FN5O2. The number of benzene rings is 1.